The Morgan fingerprint density at radius 3 is 2.79 bits per heavy atom. The molecule has 0 atom stereocenters. The molecule has 1 fully saturated rings. The van der Waals surface area contributed by atoms with Crippen LogP contribution in [0.1, 0.15) is 38.5 Å². The van der Waals surface area contributed by atoms with Gasteiger partial charge in [0.2, 0.25) is 0 Å². The van der Waals surface area contributed by atoms with E-state index in [0.717, 1.165) is 37.9 Å². The Hall–Kier alpha value is -0.830. The second kappa shape index (κ2) is 3.73. The number of Topliss-reactive ketones (excluding diaryl/α,β-unsaturated/α-hetero) is 1. The SMILES string of the molecule is NC1(CC(=O)C2=COCCC2)CCC1. The largest absolute Gasteiger partial charge is 0.501 e. The average Bonchev–Trinajstić information content (AvgIpc) is 2.17. The molecule has 3 nitrogen and oxygen atoms in total. The van der Waals surface area contributed by atoms with E-state index in [-0.39, 0.29) is 11.3 Å². The molecule has 1 saturated carbocycles. The van der Waals surface area contributed by atoms with Gasteiger partial charge in [-0.15, -0.1) is 0 Å². The Kier molecular flexibility index (Phi) is 2.59. The molecule has 0 spiro atoms. The van der Waals surface area contributed by atoms with Gasteiger partial charge in [-0.2, -0.15) is 0 Å². The smallest absolute Gasteiger partial charge is 0.163 e. The first-order chi connectivity index (χ1) is 6.70. The van der Waals surface area contributed by atoms with Crippen molar-refractivity contribution in [3.8, 4) is 0 Å². The van der Waals surface area contributed by atoms with E-state index >= 15 is 0 Å². The lowest BCUT2D eigenvalue weighted by Crippen LogP contribution is -2.48. The number of ether oxygens (including phenoxy) is 1. The molecule has 1 heterocycles. The second-order valence-corrected chi connectivity index (χ2v) is 4.43. The molecule has 0 aromatic rings. The van der Waals surface area contributed by atoms with Crippen LogP contribution in [0.2, 0.25) is 0 Å². The molecule has 0 aromatic carbocycles. The first-order valence-corrected chi connectivity index (χ1v) is 5.32. The highest BCUT2D eigenvalue weighted by molar-refractivity contribution is 5.96. The highest BCUT2D eigenvalue weighted by atomic mass is 16.5. The molecule has 2 N–H and O–H groups in total. The number of rotatable bonds is 3. The summed E-state index contributed by atoms with van der Waals surface area (Å²) < 4.78 is 5.15. The number of nitrogens with two attached hydrogens (primary N) is 1. The van der Waals surface area contributed by atoms with Crippen LogP contribution in [0, 0.1) is 0 Å². The van der Waals surface area contributed by atoms with Gasteiger partial charge in [0.05, 0.1) is 12.9 Å². The standard InChI is InChI=1S/C11H17NO2/c12-11(4-2-5-11)7-10(13)9-3-1-6-14-8-9/h8H,1-7,12H2. The van der Waals surface area contributed by atoms with Gasteiger partial charge < -0.3 is 10.5 Å². The second-order valence-electron chi connectivity index (χ2n) is 4.43. The first-order valence-electron chi connectivity index (χ1n) is 5.32. The average molecular weight is 195 g/mol. The van der Waals surface area contributed by atoms with Crippen LogP contribution < -0.4 is 5.73 Å². The van der Waals surface area contributed by atoms with Gasteiger partial charge in [0, 0.05) is 17.5 Å². The number of carbonyl (C=O) groups excluding carboxylic acids is 1. The van der Waals surface area contributed by atoms with Crippen LogP contribution in [0.5, 0.6) is 0 Å². The minimum atomic E-state index is -0.199. The van der Waals surface area contributed by atoms with Gasteiger partial charge in [0.1, 0.15) is 0 Å². The fourth-order valence-corrected chi connectivity index (χ4v) is 2.01. The molecule has 0 radical (unpaired) electrons. The lowest BCUT2D eigenvalue weighted by atomic mass is 9.73. The molecular weight excluding hydrogens is 178 g/mol. The van der Waals surface area contributed by atoms with E-state index in [1.54, 1.807) is 6.26 Å². The summed E-state index contributed by atoms with van der Waals surface area (Å²) in [4.78, 5) is 11.8. The lowest BCUT2D eigenvalue weighted by Gasteiger charge is -2.37. The van der Waals surface area contributed by atoms with Crippen molar-refractivity contribution in [1.82, 2.24) is 0 Å². The first kappa shape index (κ1) is 9.71. The van der Waals surface area contributed by atoms with Gasteiger partial charge in [-0.3, -0.25) is 4.79 Å². The number of hydrogen-bond acceptors (Lipinski definition) is 3. The molecule has 3 heteroatoms. The van der Waals surface area contributed by atoms with Crippen molar-refractivity contribution in [3.63, 3.8) is 0 Å². The zero-order valence-electron chi connectivity index (χ0n) is 8.42. The van der Waals surface area contributed by atoms with Crippen molar-refractivity contribution < 1.29 is 9.53 Å². The summed E-state index contributed by atoms with van der Waals surface area (Å²) in [5.74, 6) is 0.187. The summed E-state index contributed by atoms with van der Waals surface area (Å²) in [6.45, 7) is 0.741. The van der Waals surface area contributed by atoms with E-state index in [2.05, 4.69) is 0 Å². The van der Waals surface area contributed by atoms with E-state index in [1.807, 2.05) is 0 Å². The van der Waals surface area contributed by atoms with Gasteiger partial charge in [0.25, 0.3) is 0 Å². The number of ketones is 1. The van der Waals surface area contributed by atoms with Crippen LogP contribution in [0.4, 0.5) is 0 Å². The van der Waals surface area contributed by atoms with E-state index in [1.165, 1.54) is 6.42 Å². The predicted molar refractivity (Wildman–Crippen MR) is 53.7 cm³/mol. The third-order valence-corrected chi connectivity index (χ3v) is 3.15. The van der Waals surface area contributed by atoms with E-state index in [0.29, 0.717) is 6.42 Å². The molecule has 0 bridgehead atoms. The van der Waals surface area contributed by atoms with E-state index in [4.69, 9.17) is 10.5 Å². The van der Waals surface area contributed by atoms with Crippen LogP contribution in [-0.2, 0) is 9.53 Å². The fraction of sp³-hybridized carbons (Fsp3) is 0.727. The van der Waals surface area contributed by atoms with Crippen molar-refractivity contribution in [2.24, 2.45) is 5.73 Å². The minimum Gasteiger partial charge on any atom is -0.501 e. The highest BCUT2D eigenvalue weighted by Crippen LogP contribution is 2.33. The molecule has 2 aliphatic rings. The van der Waals surface area contributed by atoms with Gasteiger partial charge >= 0.3 is 0 Å². The Labute approximate surface area is 84.3 Å². The summed E-state index contributed by atoms with van der Waals surface area (Å²) in [5.41, 5.74) is 6.65. The maximum absolute atomic E-state index is 11.8. The molecule has 0 amide bonds. The van der Waals surface area contributed by atoms with Crippen LogP contribution in [-0.4, -0.2) is 17.9 Å². The summed E-state index contributed by atoms with van der Waals surface area (Å²) in [6.07, 6.45) is 7.08. The molecule has 1 aliphatic carbocycles. The topological polar surface area (TPSA) is 52.3 Å². The van der Waals surface area contributed by atoms with Crippen molar-refractivity contribution in [3.05, 3.63) is 11.8 Å². The van der Waals surface area contributed by atoms with Gasteiger partial charge in [-0.05, 0) is 32.1 Å². The van der Waals surface area contributed by atoms with Crippen LogP contribution >= 0.6 is 0 Å². The van der Waals surface area contributed by atoms with Gasteiger partial charge in [-0.25, -0.2) is 0 Å². The molecule has 0 aromatic heterocycles. The molecule has 78 valence electrons. The number of allylic oxidation sites excluding steroid dienone is 1. The Balaban J connectivity index is 1.91. The lowest BCUT2D eigenvalue weighted by molar-refractivity contribution is -0.117. The maximum Gasteiger partial charge on any atom is 0.163 e. The molecule has 0 unspecified atom stereocenters. The Morgan fingerprint density at radius 1 is 1.50 bits per heavy atom. The van der Waals surface area contributed by atoms with E-state index in [9.17, 15) is 4.79 Å². The number of hydrogen-bond donors (Lipinski definition) is 1. The van der Waals surface area contributed by atoms with Crippen LogP contribution in [0.25, 0.3) is 0 Å². The summed E-state index contributed by atoms with van der Waals surface area (Å²) >= 11 is 0. The van der Waals surface area contributed by atoms with Gasteiger partial charge in [-0.1, -0.05) is 0 Å². The highest BCUT2D eigenvalue weighted by Gasteiger charge is 2.35. The molecule has 0 saturated heterocycles. The van der Waals surface area contributed by atoms with Gasteiger partial charge in [0.15, 0.2) is 5.78 Å². The van der Waals surface area contributed by atoms with Crippen LogP contribution in [0.15, 0.2) is 11.8 Å². The monoisotopic (exact) mass is 195 g/mol. The van der Waals surface area contributed by atoms with Crippen molar-refractivity contribution >= 4 is 5.78 Å². The normalized spacial score (nSPS) is 24.5. The summed E-state index contributed by atoms with van der Waals surface area (Å²) in [6, 6.07) is 0. The maximum atomic E-state index is 11.8. The number of carbonyl (C=O) groups is 1. The molecule has 14 heavy (non-hydrogen) atoms. The zero-order valence-corrected chi connectivity index (χ0v) is 8.42. The predicted octanol–water partition coefficient (Wildman–Crippen LogP) is 1.52. The van der Waals surface area contributed by atoms with Crippen molar-refractivity contribution in [2.45, 2.75) is 44.1 Å². The summed E-state index contributed by atoms with van der Waals surface area (Å²) in [5, 5.41) is 0. The Bertz CT molecular complexity index is 266. The fourth-order valence-electron chi connectivity index (χ4n) is 2.01. The third-order valence-electron chi connectivity index (χ3n) is 3.15. The van der Waals surface area contributed by atoms with Crippen molar-refractivity contribution in [2.75, 3.05) is 6.61 Å². The van der Waals surface area contributed by atoms with Crippen molar-refractivity contribution in [1.29, 1.82) is 0 Å². The Morgan fingerprint density at radius 2 is 2.29 bits per heavy atom. The minimum absolute atomic E-state index is 0.187. The molecule has 1 aliphatic heterocycles. The third kappa shape index (κ3) is 1.98. The van der Waals surface area contributed by atoms with E-state index < -0.39 is 0 Å². The summed E-state index contributed by atoms with van der Waals surface area (Å²) in [7, 11) is 0. The molecular formula is C11H17NO2. The molecule has 2 rings (SSSR count). The quantitative estimate of drug-likeness (QED) is 0.742. The zero-order chi connectivity index (χ0) is 10.0. The van der Waals surface area contributed by atoms with Crippen LogP contribution in [0.3, 0.4) is 0 Å².